The normalized spacial score (nSPS) is 14.5. The van der Waals surface area contributed by atoms with Crippen molar-refractivity contribution in [2.24, 2.45) is 0 Å². The van der Waals surface area contributed by atoms with Gasteiger partial charge in [-0.05, 0) is 34.1 Å². The summed E-state index contributed by atoms with van der Waals surface area (Å²) in [6.45, 7) is 9.17. The van der Waals surface area contributed by atoms with Crippen molar-refractivity contribution in [1.82, 2.24) is 0 Å². The molecule has 1 radical (unpaired) electrons. The Balaban J connectivity index is 3.79. The van der Waals surface area contributed by atoms with Gasteiger partial charge in [0.05, 0.1) is 5.60 Å². The molecule has 0 amide bonds. The Labute approximate surface area is 69.4 Å². The number of aliphatic hydroxyl groups is 1. The second-order valence-electron chi connectivity index (χ2n) is 3.31. The molecule has 0 aliphatic heterocycles. The zero-order chi connectivity index (χ0) is 8.91. The van der Waals surface area contributed by atoms with Crippen molar-refractivity contribution < 1.29 is 5.11 Å². The van der Waals surface area contributed by atoms with E-state index in [1.807, 2.05) is 19.1 Å². The summed E-state index contributed by atoms with van der Waals surface area (Å²) in [5, 5.41) is 9.28. The highest BCUT2D eigenvalue weighted by molar-refractivity contribution is 5.07. The molecule has 0 aromatic rings. The van der Waals surface area contributed by atoms with E-state index in [0.717, 1.165) is 6.42 Å². The van der Waals surface area contributed by atoms with Gasteiger partial charge in [-0.15, -0.1) is 0 Å². The van der Waals surface area contributed by atoms with Crippen molar-refractivity contribution in [3.8, 4) is 0 Å². The molecule has 0 aromatic heterocycles. The van der Waals surface area contributed by atoms with Gasteiger partial charge >= 0.3 is 0 Å². The van der Waals surface area contributed by atoms with Gasteiger partial charge in [0, 0.05) is 0 Å². The molecule has 0 spiro atoms. The molecule has 1 N–H and O–H groups in total. The topological polar surface area (TPSA) is 20.2 Å². The van der Waals surface area contributed by atoms with Crippen LogP contribution in [0.4, 0.5) is 0 Å². The average molecular weight is 153 g/mol. The predicted octanol–water partition coefficient (Wildman–Crippen LogP) is 2.48. The largest absolute Gasteiger partial charge is 0.386 e. The summed E-state index contributed by atoms with van der Waals surface area (Å²) in [5.74, 6) is 0. The Bertz CT molecular complexity index is 158. The number of hydrogen-bond acceptors (Lipinski definition) is 1. The van der Waals surface area contributed by atoms with E-state index in [0.29, 0.717) is 0 Å². The molecule has 1 heteroatoms. The molecule has 0 aromatic carbocycles. The van der Waals surface area contributed by atoms with Gasteiger partial charge in [-0.3, -0.25) is 0 Å². The van der Waals surface area contributed by atoms with Crippen molar-refractivity contribution in [3.63, 3.8) is 0 Å². The fourth-order valence-electron chi connectivity index (χ4n) is 0.617. The molecule has 63 valence electrons. The lowest BCUT2D eigenvalue weighted by Gasteiger charge is -2.09. The number of rotatable bonds is 3. The fourth-order valence-corrected chi connectivity index (χ4v) is 0.617. The second kappa shape index (κ2) is 4.35. The SMILES string of the molecule is [CH2]/C=C(\C)C/C=C/C(C)(C)O. The molecule has 0 rings (SSSR count). The van der Waals surface area contributed by atoms with Crippen LogP contribution in [-0.4, -0.2) is 10.7 Å². The van der Waals surface area contributed by atoms with Crippen LogP contribution in [0.25, 0.3) is 0 Å². The summed E-state index contributed by atoms with van der Waals surface area (Å²) in [7, 11) is 0. The summed E-state index contributed by atoms with van der Waals surface area (Å²) in [4.78, 5) is 0. The summed E-state index contributed by atoms with van der Waals surface area (Å²) in [6.07, 6.45) is 6.44. The van der Waals surface area contributed by atoms with Gasteiger partial charge in [-0.25, -0.2) is 0 Å². The lowest BCUT2D eigenvalue weighted by Crippen LogP contribution is -2.13. The molecule has 0 unspecified atom stereocenters. The first-order chi connectivity index (χ1) is 4.95. The van der Waals surface area contributed by atoms with Crippen LogP contribution in [-0.2, 0) is 0 Å². The van der Waals surface area contributed by atoms with E-state index in [9.17, 15) is 5.11 Å². The van der Waals surface area contributed by atoms with Crippen LogP contribution in [0.3, 0.4) is 0 Å². The first kappa shape index (κ1) is 10.4. The third-order valence-electron chi connectivity index (χ3n) is 1.31. The molecule has 0 aliphatic carbocycles. The molecule has 0 atom stereocenters. The van der Waals surface area contributed by atoms with Crippen molar-refractivity contribution in [1.29, 1.82) is 0 Å². The van der Waals surface area contributed by atoms with E-state index in [2.05, 4.69) is 6.92 Å². The second-order valence-corrected chi connectivity index (χ2v) is 3.31. The van der Waals surface area contributed by atoms with Crippen LogP contribution in [0, 0.1) is 6.92 Å². The Morgan fingerprint density at radius 2 is 2.09 bits per heavy atom. The number of hydrogen-bond donors (Lipinski definition) is 1. The lowest BCUT2D eigenvalue weighted by molar-refractivity contribution is 0.133. The Kier molecular flexibility index (Phi) is 4.12. The van der Waals surface area contributed by atoms with E-state index in [1.165, 1.54) is 5.57 Å². The standard InChI is InChI=1S/C10H17O/c1-5-9(2)7-6-8-10(3,4)11/h5-6,8,11H,1,7H2,2-4H3/b8-6+,9-5+. The minimum Gasteiger partial charge on any atom is -0.386 e. The third kappa shape index (κ3) is 7.34. The highest BCUT2D eigenvalue weighted by Crippen LogP contribution is 2.06. The molecule has 1 nitrogen and oxygen atoms in total. The van der Waals surface area contributed by atoms with Gasteiger partial charge in [0.1, 0.15) is 0 Å². The van der Waals surface area contributed by atoms with Crippen molar-refractivity contribution >= 4 is 0 Å². The van der Waals surface area contributed by atoms with E-state index in [-0.39, 0.29) is 0 Å². The molecular weight excluding hydrogens is 136 g/mol. The highest BCUT2D eigenvalue weighted by Gasteiger charge is 2.04. The maximum Gasteiger partial charge on any atom is 0.0771 e. The molecule has 0 aliphatic rings. The molecule has 0 saturated heterocycles. The first-order valence-corrected chi connectivity index (χ1v) is 3.80. The molecule has 0 fully saturated rings. The maximum atomic E-state index is 9.28. The fraction of sp³-hybridized carbons (Fsp3) is 0.500. The molecule has 11 heavy (non-hydrogen) atoms. The van der Waals surface area contributed by atoms with Gasteiger partial charge in [-0.1, -0.05) is 23.8 Å². The van der Waals surface area contributed by atoms with Crippen LogP contribution in [0.1, 0.15) is 27.2 Å². The monoisotopic (exact) mass is 153 g/mol. The zero-order valence-corrected chi connectivity index (χ0v) is 7.59. The zero-order valence-electron chi connectivity index (χ0n) is 7.59. The summed E-state index contributed by atoms with van der Waals surface area (Å²) >= 11 is 0. The average Bonchev–Trinajstić information content (AvgIpc) is 1.85. The minimum atomic E-state index is -0.693. The maximum absolute atomic E-state index is 9.28. The third-order valence-corrected chi connectivity index (χ3v) is 1.31. The number of allylic oxidation sites excluding steroid dienone is 3. The quantitative estimate of drug-likeness (QED) is 0.617. The molecule has 0 bridgehead atoms. The van der Waals surface area contributed by atoms with Crippen molar-refractivity contribution in [3.05, 3.63) is 30.7 Å². The Morgan fingerprint density at radius 3 is 2.45 bits per heavy atom. The summed E-state index contributed by atoms with van der Waals surface area (Å²) in [6, 6.07) is 0. The molecule has 0 saturated carbocycles. The van der Waals surface area contributed by atoms with Gasteiger partial charge in [0.25, 0.3) is 0 Å². The lowest BCUT2D eigenvalue weighted by atomic mass is 10.1. The molecular formula is C10H17O. The molecule has 0 heterocycles. The Morgan fingerprint density at radius 1 is 1.55 bits per heavy atom. The van der Waals surface area contributed by atoms with Crippen LogP contribution in [0.5, 0.6) is 0 Å². The van der Waals surface area contributed by atoms with Crippen LogP contribution in [0.2, 0.25) is 0 Å². The predicted molar refractivity (Wildman–Crippen MR) is 49.2 cm³/mol. The van der Waals surface area contributed by atoms with Crippen LogP contribution in [0.15, 0.2) is 23.8 Å². The summed E-state index contributed by atoms with van der Waals surface area (Å²) in [5.41, 5.74) is 0.520. The first-order valence-electron chi connectivity index (χ1n) is 3.80. The van der Waals surface area contributed by atoms with Gasteiger partial charge < -0.3 is 5.11 Å². The van der Waals surface area contributed by atoms with Crippen LogP contribution >= 0.6 is 0 Å². The van der Waals surface area contributed by atoms with Gasteiger partial charge in [0.15, 0.2) is 0 Å². The highest BCUT2D eigenvalue weighted by atomic mass is 16.3. The van der Waals surface area contributed by atoms with E-state index < -0.39 is 5.60 Å². The van der Waals surface area contributed by atoms with Gasteiger partial charge in [0.2, 0.25) is 0 Å². The Hall–Kier alpha value is -0.560. The summed E-state index contributed by atoms with van der Waals surface area (Å²) < 4.78 is 0. The smallest absolute Gasteiger partial charge is 0.0771 e. The minimum absolute atomic E-state index is 0.693. The van der Waals surface area contributed by atoms with E-state index in [4.69, 9.17) is 0 Å². The van der Waals surface area contributed by atoms with Gasteiger partial charge in [-0.2, -0.15) is 0 Å². The van der Waals surface area contributed by atoms with Crippen LogP contribution < -0.4 is 0 Å². The van der Waals surface area contributed by atoms with Crippen molar-refractivity contribution in [2.45, 2.75) is 32.8 Å². The van der Waals surface area contributed by atoms with E-state index >= 15 is 0 Å². The van der Waals surface area contributed by atoms with Crippen molar-refractivity contribution in [2.75, 3.05) is 0 Å². The van der Waals surface area contributed by atoms with E-state index in [1.54, 1.807) is 19.9 Å².